The van der Waals surface area contributed by atoms with Gasteiger partial charge in [0.05, 0.1) is 9.79 Å². The van der Waals surface area contributed by atoms with Crippen LogP contribution in [0.4, 0.5) is 11.4 Å². The predicted octanol–water partition coefficient (Wildman–Crippen LogP) is 5.96. The smallest absolute Gasteiger partial charge is 0.224 e. The highest BCUT2D eigenvalue weighted by Crippen LogP contribution is 2.23. The van der Waals surface area contributed by atoms with Gasteiger partial charge in [0.15, 0.2) is 0 Å². The highest BCUT2D eigenvalue weighted by molar-refractivity contribution is 7.91. The molecule has 2 aromatic rings. The van der Waals surface area contributed by atoms with Gasteiger partial charge in [-0.05, 0) is 55.0 Å². The lowest BCUT2D eigenvalue weighted by Crippen LogP contribution is -2.11. The van der Waals surface area contributed by atoms with E-state index in [0.717, 1.165) is 12.8 Å². The molecule has 0 aliphatic rings. The van der Waals surface area contributed by atoms with Gasteiger partial charge < -0.3 is 11.1 Å². The van der Waals surface area contributed by atoms with Crippen molar-refractivity contribution in [1.29, 1.82) is 0 Å². The summed E-state index contributed by atoms with van der Waals surface area (Å²) in [6.45, 7) is 2.23. The second kappa shape index (κ2) is 12.4. The lowest BCUT2D eigenvalue weighted by atomic mass is 10.1. The van der Waals surface area contributed by atoms with Crippen molar-refractivity contribution >= 4 is 27.1 Å². The van der Waals surface area contributed by atoms with Crippen molar-refractivity contribution < 1.29 is 13.2 Å². The molecule has 6 heteroatoms. The van der Waals surface area contributed by atoms with Gasteiger partial charge in [-0.2, -0.15) is 0 Å². The number of nitrogens with two attached hydrogens (primary N) is 1. The number of rotatable bonds is 13. The minimum atomic E-state index is -3.60. The molecule has 30 heavy (non-hydrogen) atoms. The highest BCUT2D eigenvalue weighted by Gasteiger charge is 2.17. The van der Waals surface area contributed by atoms with E-state index in [4.69, 9.17) is 5.73 Å². The van der Waals surface area contributed by atoms with Crippen LogP contribution in [0.3, 0.4) is 0 Å². The maximum atomic E-state index is 12.7. The summed E-state index contributed by atoms with van der Waals surface area (Å²) in [5, 5.41) is 2.84. The molecule has 0 fully saturated rings. The molecule has 0 bridgehead atoms. The second-order valence-corrected chi connectivity index (χ2v) is 9.67. The molecule has 0 saturated heterocycles. The molecule has 0 saturated carbocycles. The summed E-state index contributed by atoms with van der Waals surface area (Å²) in [4.78, 5) is 12.5. The molecule has 164 valence electrons. The number of carbonyl (C=O) groups excluding carboxylic acids is 1. The molecule has 1 amide bonds. The van der Waals surface area contributed by atoms with Crippen molar-refractivity contribution in [3.8, 4) is 0 Å². The topological polar surface area (TPSA) is 89.3 Å². The number of unbranched alkanes of at least 4 members (excludes halogenated alkanes) is 8. The standard InChI is InChI=1S/C24H34N2O3S/c1-2-3-4-5-6-7-8-9-10-11-24(27)26-21-14-18-23(19-15-21)30(28,29)22-16-12-20(25)13-17-22/h12-19H,2-11,25H2,1H3,(H,26,27). The van der Waals surface area contributed by atoms with Crippen molar-refractivity contribution in [3.63, 3.8) is 0 Å². The van der Waals surface area contributed by atoms with Crippen molar-refractivity contribution in [2.45, 2.75) is 80.9 Å². The number of amides is 1. The van der Waals surface area contributed by atoms with E-state index >= 15 is 0 Å². The monoisotopic (exact) mass is 430 g/mol. The summed E-state index contributed by atoms with van der Waals surface area (Å²) in [5.74, 6) is -0.0351. The summed E-state index contributed by atoms with van der Waals surface area (Å²) in [6.07, 6.45) is 11.4. The predicted molar refractivity (Wildman–Crippen MR) is 123 cm³/mol. The van der Waals surface area contributed by atoms with Crippen molar-refractivity contribution in [2.75, 3.05) is 11.1 Å². The number of benzene rings is 2. The van der Waals surface area contributed by atoms with Gasteiger partial charge >= 0.3 is 0 Å². The number of hydrogen-bond acceptors (Lipinski definition) is 4. The van der Waals surface area contributed by atoms with Gasteiger partial charge in [0, 0.05) is 17.8 Å². The van der Waals surface area contributed by atoms with Gasteiger partial charge in [-0.25, -0.2) is 8.42 Å². The molecule has 5 nitrogen and oxygen atoms in total. The fraction of sp³-hybridized carbons (Fsp3) is 0.458. The minimum Gasteiger partial charge on any atom is -0.399 e. The lowest BCUT2D eigenvalue weighted by molar-refractivity contribution is -0.116. The Labute approximate surface area is 181 Å². The van der Waals surface area contributed by atoms with Crippen molar-refractivity contribution in [1.82, 2.24) is 0 Å². The van der Waals surface area contributed by atoms with Crippen molar-refractivity contribution in [3.05, 3.63) is 48.5 Å². The van der Waals surface area contributed by atoms with Gasteiger partial charge in [0.25, 0.3) is 0 Å². The Morgan fingerprint density at radius 3 is 1.77 bits per heavy atom. The minimum absolute atomic E-state index is 0.0351. The first-order valence-corrected chi connectivity index (χ1v) is 12.4. The fourth-order valence-corrected chi connectivity index (χ4v) is 4.58. The molecule has 2 aromatic carbocycles. The van der Waals surface area contributed by atoms with E-state index in [1.165, 1.54) is 69.2 Å². The molecule has 2 rings (SSSR count). The number of hydrogen-bond donors (Lipinski definition) is 2. The van der Waals surface area contributed by atoms with Gasteiger partial charge in [0.2, 0.25) is 15.7 Å². The van der Waals surface area contributed by atoms with Crippen LogP contribution >= 0.6 is 0 Å². The Kier molecular flexibility index (Phi) is 9.87. The Bertz CT molecular complexity index is 876. The highest BCUT2D eigenvalue weighted by atomic mass is 32.2. The van der Waals surface area contributed by atoms with E-state index in [1.807, 2.05) is 0 Å². The summed E-state index contributed by atoms with van der Waals surface area (Å²) in [6, 6.07) is 12.4. The zero-order valence-electron chi connectivity index (χ0n) is 17.9. The third-order valence-electron chi connectivity index (χ3n) is 5.15. The lowest BCUT2D eigenvalue weighted by Gasteiger charge is -2.08. The van der Waals surface area contributed by atoms with Crippen LogP contribution in [0, 0.1) is 0 Å². The molecular formula is C24H34N2O3S. The molecule has 3 N–H and O–H groups in total. The SMILES string of the molecule is CCCCCCCCCCCC(=O)Nc1ccc(S(=O)(=O)c2ccc(N)cc2)cc1. The summed E-state index contributed by atoms with van der Waals surface area (Å²) in [7, 11) is -3.60. The maximum Gasteiger partial charge on any atom is 0.224 e. The van der Waals surface area contributed by atoms with Crippen LogP contribution in [0.15, 0.2) is 58.3 Å². The van der Waals surface area contributed by atoms with Gasteiger partial charge in [-0.15, -0.1) is 0 Å². The molecule has 0 heterocycles. The van der Waals surface area contributed by atoms with Crippen molar-refractivity contribution in [2.24, 2.45) is 0 Å². The third-order valence-corrected chi connectivity index (χ3v) is 6.93. The zero-order valence-corrected chi connectivity index (χ0v) is 18.7. The van der Waals surface area contributed by atoms with E-state index in [9.17, 15) is 13.2 Å². The quantitative estimate of drug-likeness (QED) is 0.303. The first kappa shape index (κ1) is 23.9. The molecule has 0 atom stereocenters. The Balaban J connectivity index is 1.73. The van der Waals surface area contributed by atoms with Crippen LogP contribution in [0.25, 0.3) is 0 Å². The first-order valence-electron chi connectivity index (χ1n) is 10.9. The fourth-order valence-electron chi connectivity index (χ4n) is 3.32. The molecular weight excluding hydrogens is 396 g/mol. The molecule has 0 unspecified atom stereocenters. The third kappa shape index (κ3) is 7.82. The number of nitrogen functional groups attached to an aromatic ring is 1. The molecule has 0 radical (unpaired) electrons. The number of sulfone groups is 1. The Hall–Kier alpha value is -2.34. The number of carbonyl (C=O) groups is 1. The Morgan fingerprint density at radius 1 is 0.767 bits per heavy atom. The normalized spacial score (nSPS) is 11.4. The summed E-state index contributed by atoms with van der Waals surface area (Å²) < 4.78 is 25.3. The number of anilines is 2. The Morgan fingerprint density at radius 2 is 1.23 bits per heavy atom. The van der Waals surface area contributed by atoms with Crippen LogP contribution in [0.2, 0.25) is 0 Å². The van der Waals surface area contributed by atoms with Gasteiger partial charge in [-0.3, -0.25) is 4.79 Å². The van der Waals surface area contributed by atoms with E-state index in [0.29, 0.717) is 17.8 Å². The van der Waals surface area contributed by atoms with Crippen LogP contribution < -0.4 is 11.1 Å². The van der Waals surface area contributed by atoms with E-state index < -0.39 is 9.84 Å². The van der Waals surface area contributed by atoms with Gasteiger partial charge in [-0.1, -0.05) is 58.3 Å². The van der Waals surface area contributed by atoms with Crippen LogP contribution in [-0.4, -0.2) is 14.3 Å². The van der Waals surface area contributed by atoms with Crippen LogP contribution in [-0.2, 0) is 14.6 Å². The maximum absolute atomic E-state index is 12.7. The molecule has 0 aliphatic heterocycles. The second-order valence-electron chi connectivity index (χ2n) is 7.72. The number of nitrogens with one attached hydrogen (secondary N) is 1. The average Bonchev–Trinajstić information content (AvgIpc) is 2.73. The largest absolute Gasteiger partial charge is 0.399 e. The molecule has 0 aromatic heterocycles. The van der Waals surface area contributed by atoms with E-state index in [2.05, 4.69) is 12.2 Å². The first-order chi connectivity index (χ1) is 14.4. The molecule has 0 spiro atoms. The van der Waals surface area contributed by atoms with Crippen LogP contribution in [0.5, 0.6) is 0 Å². The summed E-state index contributed by atoms with van der Waals surface area (Å²) >= 11 is 0. The zero-order chi connectivity index (χ0) is 21.8. The van der Waals surface area contributed by atoms with Gasteiger partial charge in [0.1, 0.15) is 0 Å². The van der Waals surface area contributed by atoms with Crippen LogP contribution in [0.1, 0.15) is 71.1 Å². The molecule has 0 aliphatic carbocycles. The average molecular weight is 431 g/mol. The summed E-state index contributed by atoms with van der Waals surface area (Å²) in [5.41, 5.74) is 6.74. The van der Waals surface area contributed by atoms with E-state index in [-0.39, 0.29) is 15.7 Å². The van der Waals surface area contributed by atoms with E-state index in [1.54, 1.807) is 24.3 Å².